The number of hydrogen-bond acceptors (Lipinski definition) is 9. The third kappa shape index (κ3) is 10.7. The van der Waals surface area contributed by atoms with Crippen LogP contribution in [0.5, 0.6) is 0 Å². The van der Waals surface area contributed by atoms with Crippen LogP contribution in [-0.2, 0) is 23.9 Å². The Balaban J connectivity index is 1.83. The van der Waals surface area contributed by atoms with Gasteiger partial charge in [-0.05, 0) is 65.7 Å². The highest BCUT2D eigenvalue weighted by atomic mass is 16.6. The van der Waals surface area contributed by atoms with Crippen molar-refractivity contribution in [3.63, 3.8) is 0 Å². The molecule has 2 fully saturated rings. The molecule has 0 radical (unpaired) electrons. The fourth-order valence-corrected chi connectivity index (χ4v) is 5.71. The molecular weight excluding hydrogens is 592 g/mol. The van der Waals surface area contributed by atoms with Crippen LogP contribution >= 0.6 is 0 Å². The van der Waals surface area contributed by atoms with Crippen LogP contribution in [0.1, 0.15) is 105 Å². The molecule has 0 aromatic carbocycles. The monoisotopic (exact) mass is 644 g/mol. The van der Waals surface area contributed by atoms with Crippen LogP contribution in [0.4, 0.5) is 4.79 Å². The number of nitrogens with zero attached hydrogens (tertiary/aromatic N) is 3. The first-order chi connectivity index (χ1) is 21.2. The van der Waals surface area contributed by atoms with E-state index in [-0.39, 0.29) is 24.7 Å². The van der Waals surface area contributed by atoms with Crippen LogP contribution < -0.4 is 16.0 Å². The van der Waals surface area contributed by atoms with E-state index in [0.29, 0.717) is 0 Å². The van der Waals surface area contributed by atoms with Crippen molar-refractivity contribution in [1.82, 2.24) is 30.8 Å². The largest absolute Gasteiger partial charge is 0.460 e. The van der Waals surface area contributed by atoms with Crippen molar-refractivity contribution < 1.29 is 33.4 Å². The van der Waals surface area contributed by atoms with Crippen LogP contribution in [0.2, 0.25) is 0 Å². The van der Waals surface area contributed by atoms with Crippen LogP contribution in [0.25, 0.3) is 0 Å². The van der Waals surface area contributed by atoms with Crippen molar-refractivity contribution in [2.45, 2.75) is 124 Å². The van der Waals surface area contributed by atoms with Gasteiger partial charge >= 0.3 is 12.1 Å². The Bertz CT molecular complexity index is 1250. The molecule has 4 amide bonds. The lowest BCUT2D eigenvalue weighted by Crippen LogP contribution is -2.61. The molecule has 13 heteroatoms. The number of amides is 4. The molecule has 1 saturated carbocycles. The molecule has 4 atom stereocenters. The Morgan fingerprint density at radius 3 is 2.00 bits per heavy atom. The first-order valence-electron chi connectivity index (χ1n) is 16.1. The van der Waals surface area contributed by atoms with E-state index in [1.54, 1.807) is 41.5 Å². The summed E-state index contributed by atoms with van der Waals surface area (Å²) < 4.78 is 11.2. The molecule has 0 spiro atoms. The number of esters is 1. The summed E-state index contributed by atoms with van der Waals surface area (Å²) in [5, 5.41) is 8.69. The zero-order valence-corrected chi connectivity index (χ0v) is 28.8. The quantitative estimate of drug-likeness (QED) is 0.359. The minimum Gasteiger partial charge on any atom is -0.460 e. The van der Waals surface area contributed by atoms with Crippen molar-refractivity contribution in [3.05, 3.63) is 24.3 Å². The minimum atomic E-state index is -1.03. The van der Waals surface area contributed by atoms with Gasteiger partial charge in [0.15, 0.2) is 0 Å². The zero-order valence-electron chi connectivity index (χ0n) is 28.8. The lowest BCUT2D eigenvalue weighted by atomic mass is 9.82. The second-order valence-corrected chi connectivity index (χ2v) is 15.4. The fraction of sp³-hybridized carbons (Fsp3) is 0.727. The molecule has 2 heterocycles. The van der Waals surface area contributed by atoms with E-state index in [0.717, 1.165) is 32.1 Å². The number of ether oxygens (including phenoxy) is 2. The molecule has 46 heavy (non-hydrogen) atoms. The van der Waals surface area contributed by atoms with Gasteiger partial charge in [0.2, 0.25) is 11.8 Å². The summed E-state index contributed by atoms with van der Waals surface area (Å²) in [7, 11) is 0. The van der Waals surface area contributed by atoms with Gasteiger partial charge in [-0.25, -0.2) is 9.78 Å². The summed E-state index contributed by atoms with van der Waals surface area (Å²) in [5.41, 5.74) is -2.20. The summed E-state index contributed by atoms with van der Waals surface area (Å²) >= 11 is 0. The van der Waals surface area contributed by atoms with E-state index in [4.69, 9.17) is 9.47 Å². The second kappa shape index (κ2) is 14.8. The maximum atomic E-state index is 14.0. The highest BCUT2D eigenvalue weighted by Crippen LogP contribution is 2.29. The number of hydrogen-bond donors (Lipinski definition) is 3. The van der Waals surface area contributed by atoms with Crippen LogP contribution in [0.15, 0.2) is 18.6 Å². The fourth-order valence-electron chi connectivity index (χ4n) is 5.71. The molecule has 1 aromatic rings. The molecular formula is C33H52N6O7. The number of rotatable bonds is 8. The molecule has 2 aliphatic rings. The van der Waals surface area contributed by atoms with Crippen molar-refractivity contribution in [2.75, 3.05) is 13.1 Å². The number of nitrogens with one attached hydrogen (secondary N) is 3. The third-order valence-electron chi connectivity index (χ3n) is 7.91. The van der Waals surface area contributed by atoms with Gasteiger partial charge in [0.25, 0.3) is 5.91 Å². The molecule has 1 saturated heterocycles. The van der Waals surface area contributed by atoms with E-state index in [1.165, 1.54) is 23.5 Å². The Morgan fingerprint density at radius 1 is 0.826 bits per heavy atom. The Morgan fingerprint density at radius 2 is 1.46 bits per heavy atom. The number of carbonyl (C=O) groups excluding carboxylic acids is 5. The Hall–Kier alpha value is -3.77. The van der Waals surface area contributed by atoms with Gasteiger partial charge in [0.05, 0.1) is 18.2 Å². The average molecular weight is 645 g/mol. The second-order valence-electron chi connectivity index (χ2n) is 15.4. The van der Waals surface area contributed by atoms with Gasteiger partial charge in [0, 0.05) is 25.5 Å². The standard InChI is InChI=1S/C33H52N6O7/c1-31(2,3)25(38-27(41)24(20-13-11-10-12-14-20)37-26(40)22-17-34-15-16-35-22)28(42)36-23-19-39(30(44)46-33(7,8)9)18-21(23)29(43)45-32(4,5)6/h15-17,20-21,23-25H,10-14,18-19H2,1-9H3,(H,36,42)(H,37,40)(H,38,41)/t21?,23?,24-,25+/m0/s1. The number of likely N-dealkylation sites (tertiary alicyclic amines) is 1. The number of aromatic nitrogens is 2. The summed E-state index contributed by atoms with van der Waals surface area (Å²) in [4.78, 5) is 76.5. The summed E-state index contributed by atoms with van der Waals surface area (Å²) in [5.74, 6) is -3.05. The molecule has 1 aliphatic carbocycles. The van der Waals surface area contributed by atoms with Gasteiger partial charge in [0.1, 0.15) is 29.0 Å². The Labute approximate surface area is 272 Å². The van der Waals surface area contributed by atoms with E-state index < -0.39 is 70.4 Å². The minimum absolute atomic E-state index is 0.000515. The molecule has 1 aliphatic heterocycles. The van der Waals surface area contributed by atoms with Crippen molar-refractivity contribution in [2.24, 2.45) is 17.3 Å². The molecule has 256 valence electrons. The lowest BCUT2D eigenvalue weighted by molar-refractivity contribution is -0.160. The first kappa shape index (κ1) is 36.7. The lowest BCUT2D eigenvalue weighted by Gasteiger charge is -2.35. The van der Waals surface area contributed by atoms with Crippen LogP contribution in [-0.4, -0.2) is 87.1 Å². The van der Waals surface area contributed by atoms with Crippen molar-refractivity contribution in [3.8, 4) is 0 Å². The third-order valence-corrected chi connectivity index (χ3v) is 7.91. The first-order valence-corrected chi connectivity index (χ1v) is 16.1. The number of carbonyl (C=O) groups is 5. The topological polar surface area (TPSA) is 169 Å². The van der Waals surface area contributed by atoms with Crippen LogP contribution in [0, 0.1) is 17.3 Å². The predicted octanol–water partition coefficient (Wildman–Crippen LogP) is 3.38. The van der Waals surface area contributed by atoms with Gasteiger partial charge in [-0.3, -0.25) is 24.2 Å². The summed E-state index contributed by atoms with van der Waals surface area (Å²) in [6.07, 6.45) is 8.02. The molecule has 0 bridgehead atoms. The summed E-state index contributed by atoms with van der Waals surface area (Å²) in [6, 6.07) is -2.72. The van der Waals surface area contributed by atoms with Gasteiger partial charge in [-0.1, -0.05) is 40.0 Å². The van der Waals surface area contributed by atoms with E-state index >= 15 is 0 Å². The van der Waals surface area contributed by atoms with E-state index in [1.807, 2.05) is 20.8 Å². The van der Waals surface area contributed by atoms with E-state index in [9.17, 15) is 24.0 Å². The Kier molecular flexibility index (Phi) is 11.8. The van der Waals surface area contributed by atoms with Gasteiger partial charge in [-0.2, -0.15) is 0 Å². The summed E-state index contributed by atoms with van der Waals surface area (Å²) in [6.45, 7) is 16.0. The molecule has 13 nitrogen and oxygen atoms in total. The van der Waals surface area contributed by atoms with Gasteiger partial charge in [-0.15, -0.1) is 0 Å². The molecule has 3 N–H and O–H groups in total. The van der Waals surface area contributed by atoms with Crippen LogP contribution in [0.3, 0.4) is 0 Å². The molecule has 3 rings (SSSR count). The highest BCUT2D eigenvalue weighted by molar-refractivity contribution is 5.97. The zero-order chi connectivity index (χ0) is 34.4. The molecule has 2 unspecified atom stereocenters. The maximum Gasteiger partial charge on any atom is 0.410 e. The highest BCUT2D eigenvalue weighted by Gasteiger charge is 2.46. The normalized spacial score (nSPS) is 20.7. The molecule has 1 aromatic heterocycles. The predicted molar refractivity (Wildman–Crippen MR) is 170 cm³/mol. The van der Waals surface area contributed by atoms with Crippen molar-refractivity contribution >= 4 is 29.8 Å². The smallest absolute Gasteiger partial charge is 0.410 e. The van der Waals surface area contributed by atoms with Crippen molar-refractivity contribution in [1.29, 1.82) is 0 Å². The average Bonchev–Trinajstić information content (AvgIpc) is 3.37. The SMILES string of the molecule is CC(C)(C)OC(=O)C1CN(C(=O)OC(C)(C)C)CC1NC(=O)[C@@H](NC(=O)[C@@H](NC(=O)c1cnccn1)C1CCCCC1)C(C)(C)C. The maximum absolute atomic E-state index is 14.0. The van der Waals surface area contributed by atoms with E-state index in [2.05, 4.69) is 25.9 Å². The van der Waals surface area contributed by atoms with Gasteiger partial charge < -0.3 is 30.3 Å².